The molecule has 0 aliphatic carbocycles. The van der Waals surface area contributed by atoms with Crippen LogP contribution >= 0.6 is 11.6 Å². The van der Waals surface area contributed by atoms with E-state index in [1.165, 1.54) is 4.90 Å². The van der Waals surface area contributed by atoms with Gasteiger partial charge >= 0.3 is 0 Å². The molecule has 0 spiro atoms. The molecule has 1 atom stereocenters. The summed E-state index contributed by atoms with van der Waals surface area (Å²) in [6.45, 7) is 1.18. The topological polar surface area (TPSA) is 67.6 Å². The van der Waals surface area contributed by atoms with Crippen molar-refractivity contribution in [3.05, 3.63) is 28.8 Å². The predicted molar refractivity (Wildman–Crippen MR) is 85.9 cm³/mol. The largest absolute Gasteiger partial charge is 0.388 e. The van der Waals surface area contributed by atoms with E-state index in [1.807, 2.05) is 17.0 Å². The molecule has 0 saturated carbocycles. The molecule has 22 heavy (non-hydrogen) atoms. The molecule has 6 heteroatoms. The zero-order chi connectivity index (χ0) is 16.3. The lowest BCUT2D eigenvalue weighted by Gasteiger charge is -2.40. The molecule has 1 aromatic carbocycles. The Morgan fingerprint density at radius 1 is 1.55 bits per heavy atom. The van der Waals surface area contributed by atoms with Crippen molar-refractivity contribution in [2.75, 3.05) is 32.1 Å². The minimum atomic E-state index is -1.03. The summed E-state index contributed by atoms with van der Waals surface area (Å²) in [6, 6.07) is 7.27. The van der Waals surface area contributed by atoms with E-state index in [2.05, 4.69) is 0 Å². The van der Waals surface area contributed by atoms with E-state index in [-0.39, 0.29) is 12.3 Å². The normalized spacial score (nSPS) is 21.3. The van der Waals surface area contributed by atoms with Gasteiger partial charge in [0.25, 0.3) is 0 Å². The zero-order valence-electron chi connectivity index (χ0n) is 12.8. The van der Waals surface area contributed by atoms with Gasteiger partial charge in [0.15, 0.2) is 0 Å². The highest BCUT2D eigenvalue weighted by molar-refractivity contribution is 6.32. The van der Waals surface area contributed by atoms with Gasteiger partial charge in [-0.05, 0) is 31.0 Å². The maximum absolute atomic E-state index is 11.9. The van der Waals surface area contributed by atoms with Crippen molar-refractivity contribution in [3.63, 3.8) is 0 Å². The SMILES string of the molecule is CN(C)C(=O)CC1(O)CCCN(c2ccc(C#N)c(Cl)c2)C1. The van der Waals surface area contributed by atoms with Gasteiger partial charge in [-0.15, -0.1) is 0 Å². The number of anilines is 1. The number of nitriles is 1. The van der Waals surface area contributed by atoms with Crippen molar-refractivity contribution in [1.82, 2.24) is 4.90 Å². The van der Waals surface area contributed by atoms with Crippen LogP contribution in [0.2, 0.25) is 5.02 Å². The van der Waals surface area contributed by atoms with Gasteiger partial charge < -0.3 is 14.9 Å². The van der Waals surface area contributed by atoms with Crippen LogP contribution in [0.1, 0.15) is 24.8 Å². The van der Waals surface area contributed by atoms with Gasteiger partial charge in [-0.25, -0.2) is 0 Å². The van der Waals surface area contributed by atoms with Gasteiger partial charge in [0.2, 0.25) is 5.91 Å². The van der Waals surface area contributed by atoms with Gasteiger partial charge in [0.1, 0.15) is 6.07 Å². The summed E-state index contributed by atoms with van der Waals surface area (Å²) in [5.41, 5.74) is 0.264. The van der Waals surface area contributed by atoms with Crippen molar-refractivity contribution >= 4 is 23.2 Å². The van der Waals surface area contributed by atoms with E-state index < -0.39 is 5.60 Å². The molecule has 0 aromatic heterocycles. The molecule has 1 amide bonds. The fraction of sp³-hybridized carbons (Fsp3) is 0.500. The fourth-order valence-electron chi connectivity index (χ4n) is 2.71. The number of piperidine rings is 1. The molecule has 1 aliphatic heterocycles. The van der Waals surface area contributed by atoms with Crippen molar-refractivity contribution in [3.8, 4) is 6.07 Å². The Hall–Kier alpha value is -1.77. The van der Waals surface area contributed by atoms with Crippen LogP contribution in [0, 0.1) is 11.3 Å². The molecule has 1 aliphatic rings. The van der Waals surface area contributed by atoms with Crippen molar-refractivity contribution < 1.29 is 9.90 Å². The third kappa shape index (κ3) is 3.70. The molecule has 5 nitrogen and oxygen atoms in total. The molecule has 1 heterocycles. The summed E-state index contributed by atoms with van der Waals surface area (Å²) in [5.74, 6) is -0.0813. The quantitative estimate of drug-likeness (QED) is 0.925. The van der Waals surface area contributed by atoms with Crippen molar-refractivity contribution in [1.29, 1.82) is 5.26 Å². The van der Waals surface area contributed by atoms with E-state index in [9.17, 15) is 9.90 Å². The highest BCUT2D eigenvalue weighted by Crippen LogP contribution is 2.31. The second kappa shape index (κ2) is 6.55. The predicted octanol–water partition coefficient (Wildman–Crippen LogP) is 2.02. The summed E-state index contributed by atoms with van der Waals surface area (Å²) in [5, 5.41) is 20.0. The van der Waals surface area contributed by atoms with E-state index in [0.717, 1.165) is 18.7 Å². The van der Waals surface area contributed by atoms with Gasteiger partial charge in [0, 0.05) is 32.9 Å². The van der Waals surface area contributed by atoms with Gasteiger partial charge in [0.05, 0.1) is 22.6 Å². The Morgan fingerprint density at radius 3 is 2.86 bits per heavy atom. The van der Waals surface area contributed by atoms with Crippen molar-refractivity contribution in [2.45, 2.75) is 24.9 Å². The first-order chi connectivity index (χ1) is 10.3. The molecular formula is C16H20ClN3O2. The number of carbonyl (C=O) groups excluding carboxylic acids is 1. The molecule has 1 aromatic rings. The number of hydrogen-bond donors (Lipinski definition) is 1. The van der Waals surface area contributed by atoms with Gasteiger partial charge in [-0.3, -0.25) is 4.79 Å². The Labute approximate surface area is 135 Å². The van der Waals surface area contributed by atoms with Gasteiger partial charge in [-0.1, -0.05) is 11.6 Å². The second-order valence-corrected chi connectivity index (χ2v) is 6.40. The number of aliphatic hydroxyl groups is 1. The lowest BCUT2D eigenvalue weighted by Crippen LogP contribution is -2.50. The average molecular weight is 322 g/mol. The summed E-state index contributed by atoms with van der Waals surface area (Å²) >= 11 is 6.07. The molecule has 1 saturated heterocycles. The first-order valence-electron chi connectivity index (χ1n) is 7.22. The molecule has 0 radical (unpaired) electrons. The lowest BCUT2D eigenvalue weighted by molar-refractivity contribution is -0.134. The highest BCUT2D eigenvalue weighted by atomic mass is 35.5. The monoisotopic (exact) mass is 321 g/mol. The number of β-amino-alcohol motifs (C(OH)–C–C–N with tert-alkyl or cyclic N) is 1. The maximum Gasteiger partial charge on any atom is 0.225 e. The number of benzene rings is 1. The number of hydrogen-bond acceptors (Lipinski definition) is 4. The first kappa shape index (κ1) is 16.6. The molecular weight excluding hydrogens is 302 g/mol. The second-order valence-electron chi connectivity index (χ2n) is 5.99. The summed E-state index contributed by atoms with van der Waals surface area (Å²) in [4.78, 5) is 15.4. The van der Waals surface area contributed by atoms with E-state index in [0.29, 0.717) is 23.6 Å². The van der Waals surface area contributed by atoms with Crippen LogP contribution in [0.3, 0.4) is 0 Å². The highest BCUT2D eigenvalue weighted by Gasteiger charge is 2.36. The van der Waals surface area contributed by atoms with Crippen molar-refractivity contribution in [2.24, 2.45) is 0 Å². The lowest BCUT2D eigenvalue weighted by atomic mass is 9.88. The molecule has 1 fully saturated rings. The van der Waals surface area contributed by atoms with Crippen LogP contribution in [0.4, 0.5) is 5.69 Å². The Morgan fingerprint density at radius 2 is 2.27 bits per heavy atom. The molecule has 2 rings (SSSR count). The Balaban J connectivity index is 2.15. The number of halogens is 1. The van der Waals surface area contributed by atoms with E-state index >= 15 is 0 Å². The molecule has 1 unspecified atom stereocenters. The summed E-state index contributed by atoms with van der Waals surface area (Å²) in [6.07, 6.45) is 1.52. The minimum Gasteiger partial charge on any atom is -0.388 e. The molecule has 1 N–H and O–H groups in total. The molecule has 118 valence electrons. The number of carbonyl (C=O) groups is 1. The Kier molecular flexibility index (Phi) is 4.94. The summed E-state index contributed by atoms with van der Waals surface area (Å²) < 4.78 is 0. The zero-order valence-corrected chi connectivity index (χ0v) is 13.6. The fourth-order valence-corrected chi connectivity index (χ4v) is 2.93. The maximum atomic E-state index is 11.9. The smallest absolute Gasteiger partial charge is 0.225 e. The Bertz CT molecular complexity index is 612. The van der Waals surface area contributed by atoms with E-state index in [1.54, 1.807) is 26.2 Å². The standard InChI is InChI=1S/C16H20ClN3O2/c1-19(2)15(21)9-16(22)6-3-7-20(11-16)13-5-4-12(10-18)14(17)8-13/h4-5,8,22H,3,6-7,9,11H2,1-2H3. The summed E-state index contributed by atoms with van der Waals surface area (Å²) in [7, 11) is 3.37. The van der Waals surface area contributed by atoms with E-state index in [4.69, 9.17) is 16.9 Å². The van der Waals surface area contributed by atoms with Crippen LogP contribution in [-0.2, 0) is 4.79 Å². The number of amides is 1. The molecule has 0 bridgehead atoms. The van der Waals surface area contributed by atoms with Crippen LogP contribution < -0.4 is 4.90 Å². The van der Waals surface area contributed by atoms with Crippen LogP contribution in [0.25, 0.3) is 0 Å². The number of rotatable bonds is 3. The third-order valence-corrected chi connectivity index (χ3v) is 4.29. The first-order valence-corrected chi connectivity index (χ1v) is 7.59. The minimum absolute atomic E-state index is 0.0813. The van der Waals surface area contributed by atoms with Crippen LogP contribution in [-0.4, -0.2) is 48.7 Å². The average Bonchev–Trinajstić information content (AvgIpc) is 2.46. The van der Waals surface area contributed by atoms with Crippen LogP contribution in [0.5, 0.6) is 0 Å². The number of nitrogens with zero attached hydrogens (tertiary/aromatic N) is 3. The van der Waals surface area contributed by atoms with Crippen LogP contribution in [0.15, 0.2) is 18.2 Å². The third-order valence-electron chi connectivity index (χ3n) is 3.97. The van der Waals surface area contributed by atoms with Gasteiger partial charge in [-0.2, -0.15) is 5.26 Å².